The second-order valence-corrected chi connectivity index (χ2v) is 6.24. The van der Waals surface area contributed by atoms with Crippen molar-refractivity contribution >= 4 is 5.97 Å². The van der Waals surface area contributed by atoms with Gasteiger partial charge in [0.15, 0.2) is 0 Å². The van der Waals surface area contributed by atoms with Gasteiger partial charge in [-0.3, -0.25) is 9.69 Å². The van der Waals surface area contributed by atoms with Crippen LogP contribution >= 0.6 is 0 Å². The molecule has 0 bridgehead atoms. The fourth-order valence-electron chi connectivity index (χ4n) is 4.02. The van der Waals surface area contributed by atoms with E-state index in [1.54, 1.807) is 7.11 Å². The molecule has 2 aliphatic heterocycles. The summed E-state index contributed by atoms with van der Waals surface area (Å²) in [6.07, 6.45) is 2.95. The van der Waals surface area contributed by atoms with Gasteiger partial charge in [0.25, 0.3) is 0 Å². The van der Waals surface area contributed by atoms with Crippen LogP contribution in [-0.2, 0) is 16.0 Å². The van der Waals surface area contributed by atoms with Gasteiger partial charge in [-0.05, 0) is 56.4 Å². The molecule has 22 heavy (non-hydrogen) atoms. The molecule has 0 aliphatic carbocycles. The van der Waals surface area contributed by atoms with Crippen molar-refractivity contribution < 1.29 is 14.3 Å². The zero-order chi connectivity index (χ0) is 15.7. The molecule has 3 unspecified atom stereocenters. The summed E-state index contributed by atoms with van der Waals surface area (Å²) in [7, 11) is 1.71. The van der Waals surface area contributed by atoms with E-state index in [9.17, 15) is 4.79 Å². The average Bonchev–Trinajstić information content (AvgIpc) is 2.54. The van der Waals surface area contributed by atoms with Crippen LogP contribution < -0.4 is 4.74 Å². The van der Waals surface area contributed by atoms with E-state index < -0.39 is 0 Å². The van der Waals surface area contributed by atoms with Crippen molar-refractivity contribution in [1.29, 1.82) is 0 Å². The van der Waals surface area contributed by atoms with Gasteiger partial charge >= 0.3 is 5.97 Å². The quantitative estimate of drug-likeness (QED) is 0.805. The first kappa shape index (κ1) is 15.3. The fraction of sp³-hybridized carbons (Fsp3) is 0.611. The highest BCUT2D eigenvalue weighted by Gasteiger charge is 2.41. The van der Waals surface area contributed by atoms with E-state index in [1.807, 2.05) is 13.0 Å². The lowest BCUT2D eigenvalue weighted by atomic mass is 9.79. The predicted molar refractivity (Wildman–Crippen MR) is 85.0 cm³/mol. The van der Waals surface area contributed by atoms with E-state index in [0.717, 1.165) is 31.6 Å². The number of nitrogens with zero attached hydrogens (tertiary/aromatic N) is 1. The molecule has 1 fully saturated rings. The Balaban J connectivity index is 1.82. The maximum absolute atomic E-state index is 12.1. The molecule has 0 radical (unpaired) electrons. The minimum absolute atomic E-state index is 0.0102. The number of hydrogen-bond acceptors (Lipinski definition) is 4. The summed E-state index contributed by atoms with van der Waals surface area (Å²) in [6.45, 7) is 5.51. The minimum atomic E-state index is -0.0334. The molecule has 0 N–H and O–H groups in total. The Bertz CT molecular complexity index is 557. The standard InChI is InChI=1S/C18H25NO3/c1-4-22-18(20)15-7-8-17-16-6-5-14(21-3)11-13(16)9-10-19(17)12(15)2/h5-6,11-12,15,17H,4,7-10H2,1-3H3. The van der Waals surface area contributed by atoms with Crippen molar-refractivity contribution in [2.75, 3.05) is 20.3 Å². The van der Waals surface area contributed by atoms with Crippen molar-refractivity contribution in [2.24, 2.45) is 5.92 Å². The first-order valence-corrected chi connectivity index (χ1v) is 8.25. The van der Waals surface area contributed by atoms with Crippen LogP contribution in [0.3, 0.4) is 0 Å². The number of hydrogen-bond donors (Lipinski definition) is 0. The topological polar surface area (TPSA) is 38.8 Å². The van der Waals surface area contributed by atoms with Gasteiger partial charge in [0, 0.05) is 18.6 Å². The van der Waals surface area contributed by atoms with Crippen LogP contribution in [0.1, 0.15) is 43.9 Å². The Hall–Kier alpha value is -1.55. The van der Waals surface area contributed by atoms with Crippen LogP contribution in [0.5, 0.6) is 5.75 Å². The zero-order valence-corrected chi connectivity index (χ0v) is 13.7. The molecule has 0 spiro atoms. The number of rotatable bonds is 3. The number of carbonyl (C=O) groups excluding carboxylic acids is 1. The smallest absolute Gasteiger partial charge is 0.310 e. The second kappa shape index (κ2) is 6.29. The summed E-state index contributed by atoms with van der Waals surface area (Å²) in [4.78, 5) is 14.6. The van der Waals surface area contributed by atoms with Crippen LogP contribution in [0.15, 0.2) is 18.2 Å². The zero-order valence-electron chi connectivity index (χ0n) is 13.7. The second-order valence-electron chi connectivity index (χ2n) is 6.24. The third kappa shape index (κ3) is 2.60. The number of piperidine rings is 1. The maximum Gasteiger partial charge on any atom is 0.310 e. The van der Waals surface area contributed by atoms with Crippen molar-refractivity contribution in [1.82, 2.24) is 4.90 Å². The van der Waals surface area contributed by atoms with Crippen molar-refractivity contribution in [3.8, 4) is 5.75 Å². The summed E-state index contributed by atoms with van der Waals surface area (Å²) in [5.74, 6) is 0.908. The van der Waals surface area contributed by atoms with E-state index in [-0.39, 0.29) is 17.9 Å². The molecule has 0 aromatic heterocycles. The number of carbonyl (C=O) groups is 1. The lowest BCUT2D eigenvalue weighted by Gasteiger charge is -2.47. The molecule has 120 valence electrons. The van der Waals surface area contributed by atoms with E-state index in [2.05, 4.69) is 24.0 Å². The SMILES string of the molecule is CCOC(=O)C1CCC2c3ccc(OC)cc3CCN2C1C. The summed E-state index contributed by atoms with van der Waals surface area (Å²) in [5.41, 5.74) is 2.79. The lowest BCUT2D eigenvalue weighted by Crippen LogP contribution is -2.50. The van der Waals surface area contributed by atoms with Crippen LogP contribution in [0, 0.1) is 5.92 Å². The largest absolute Gasteiger partial charge is 0.497 e. The van der Waals surface area contributed by atoms with Crippen molar-refractivity contribution in [2.45, 2.75) is 45.2 Å². The summed E-state index contributed by atoms with van der Waals surface area (Å²) in [5, 5.41) is 0. The molecule has 1 aromatic rings. The van der Waals surface area contributed by atoms with Gasteiger partial charge in [-0.1, -0.05) is 6.07 Å². The molecule has 3 atom stereocenters. The first-order valence-electron chi connectivity index (χ1n) is 8.25. The monoisotopic (exact) mass is 303 g/mol. The Labute approximate surface area is 132 Å². The van der Waals surface area contributed by atoms with Gasteiger partial charge in [-0.15, -0.1) is 0 Å². The van der Waals surface area contributed by atoms with E-state index in [0.29, 0.717) is 12.6 Å². The normalized spacial score (nSPS) is 27.7. The highest BCUT2D eigenvalue weighted by molar-refractivity contribution is 5.73. The van der Waals surface area contributed by atoms with Gasteiger partial charge in [-0.2, -0.15) is 0 Å². The van der Waals surface area contributed by atoms with Gasteiger partial charge in [0.05, 0.1) is 19.6 Å². The molecule has 1 saturated heterocycles. The molecule has 4 nitrogen and oxygen atoms in total. The minimum Gasteiger partial charge on any atom is -0.497 e. The Morgan fingerprint density at radius 3 is 2.91 bits per heavy atom. The maximum atomic E-state index is 12.1. The van der Waals surface area contributed by atoms with Crippen LogP contribution in [0.2, 0.25) is 0 Å². The summed E-state index contributed by atoms with van der Waals surface area (Å²) < 4.78 is 10.6. The third-order valence-electron chi connectivity index (χ3n) is 5.19. The molecular weight excluding hydrogens is 278 g/mol. The highest BCUT2D eigenvalue weighted by Crippen LogP contribution is 2.42. The Morgan fingerprint density at radius 2 is 2.18 bits per heavy atom. The molecule has 3 rings (SSSR count). The Morgan fingerprint density at radius 1 is 1.36 bits per heavy atom. The Kier molecular flexibility index (Phi) is 4.39. The van der Waals surface area contributed by atoms with Gasteiger partial charge in [0.1, 0.15) is 5.75 Å². The summed E-state index contributed by atoms with van der Waals surface area (Å²) in [6, 6.07) is 7.07. The van der Waals surface area contributed by atoms with E-state index in [4.69, 9.17) is 9.47 Å². The molecule has 1 aromatic carbocycles. The summed E-state index contributed by atoms with van der Waals surface area (Å²) >= 11 is 0. The third-order valence-corrected chi connectivity index (χ3v) is 5.19. The first-order chi connectivity index (χ1) is 10.7. The molecule has 4 heteroatoms. The van der Waals surface area contributed by atoms with E-state index >= 15 is 0 Å². The average molecular weight is 303 g/mol. The molecule has 2 heterocycles. The highest BCUT2D eigenvalue weighted by atomic mass is 16.5. The number of benzene rings is 1. The predicted octanol–water partition coefficient (Wildman–Crippen LogP) is 2.96. The molecule has 0 saturated carbocycles. The van der Waals surface area contributed by atoms with Crippen LogP contribution in [-0.4, -0.2) is 37.2 Å². The molecule has 2 aliphatic rings. The number of ether oxygens (including phenoxy) is 2. The van der Waals surface area contributed by atoms with E-state index in [1.165, 1.54) is 11.1 Å². The number of fused-ring (bicyclic) bond motifs is 3. The number of esters is 1. The fourth-order valence-corrected chi connectivity index (χ4v) is 4.02. The van der Waals surface area contributed by atoms with Crippen molar-refractivity contribution in [3.05, 3.63) is 29.3 Å². The molecular formula is C18H25NO3. The lowest BCUT2D eigenvalue weighted by molar-refractivity contribution is -0.153. The van der Waals surface area contributed by atoms with Crippen LogP contribution in [0.4, 0.5) is 0 Å². The van der Waals surface area contributed by atoms with Crippen LogP contribution in [0.25, 0.3) is 0 Å². The molecule has 0 amide bonds. The van der Waals surface area contributed by atoms with Gasteiger partial charge in [0.2, 0.25) is 0 Å². The van der Waals surface area contributed by atoms with Crippen molar-refractivity contribution in [3.63, 3.8) is 0 Å². The van der Waals surface area contributed by atoms with Gasteiger partial charge in [-0.25, -0.2) is 0 Å². The number of methoxy groups -OCH3 is 1. The van der Waals surface area contributed by atoms with Gasteiger partial charge < -0.3 is 9.47 Å².